The molecule has 1 atom stereocenters. The van der Waals surface area contributed by atoms with Crippen molar-refractivity contribution in [2.75, 3.05) is 25.0 Å². The minimum Gasteiger partial charge on any atom is -0.357 e. The Bertz CT molecular complexity index is 1150. The van der Waals surface area contributed by atoms with Crippen LogP contribution in [0.15, 0.2) is 48.7 Å². The van der Waals surface area contributed by atoms with Crippen LogP contribution in [-0.2, 0) is 5.41 Å². The molecule has 4 N–H and O–H groups in total. The second kappa shape index (κ2) is 7.63. The number of halogens is 1. The molecule has 0 bridgehead atoms. The molecule has 0 radical (unpaired) electrons. The summed E-state index contributed by atoms with van der Waals surface area (Å²) in [4.78, 5) is 32.6. The molecule has 1 spiro atoms. The standard InChI is InChI=1S/C23H22FN5O2/c24-16-4-2-14(3-5-16)21(30)29-19-10-15(6-9-26-19)18-11-17-20(28-18)23(13-27-22(17)31)7-1-8-25-12-23/h2-6,9-11,25,28H,1,7-8,12-13H2,(H,27,31)(H,26,29,30)/t23-/m1/s1. The number of aromatic nitrogens is 2. The van der Waals surface area contributed by atoms with E-state index in [-0.39, 0.29) is 17.2 Å². The quantitative estimate of drug-likeness (QED) is 0.525. The number of carbonyl (C=O) groups is 2. The Kier molecular flexibility index (Phi) is 4.78. The fourth-order valence-corrected chi connectivity index (χ4v) is 4.43. The molecular weight excluding hydrogens is 397 g/mol. The molecule has 2 aliphatic heterocycles. The Morgan fingerprint density at radius 1 is 1.13 bits per heavy atom. The van der Waals surface area contributed by atoms with Gasteiger partial charge in [0, 0.05) is 47.2 Å². The molecule has 0 saturated carbocycles. The van der Waals surface area contributed by atoms with E-state index in [9.17, 15) is 14.0 Å². The SMILES string of the molecule is O=C(Nc1cc(-c2cc3c([nH]2)[C@@]2(CCCNC2)CNC3=O)ccn1)c1ccc(F)cc1. The highest BCUT2D eigenvalue weighted by Gasteiger charge is 2.42. The summed E-state index contributed by atoms with van der Waals surface area (Å²) in [6.07, 6.45) is 3.66. The van der Waals surface area contributed by atoms with Gasteiger partial charge in [-0.25, -0.2) is 9.37 Å². The fraction of sp³-hybridized carbons (Fsp3) is 0.261. The van der Waals surface area contributed by atoms with E-state index < -0.39 is 5.82 Å². The molecule has 5 rings (SSSR count). The highest BCUT2D eigenvalue weighted by atomic mass is 19.1. The summed E-state index contributed by atoms with van der Waals surface area (Å²) in [5.74, 6) is -0.477. The Hall–Kier alpha value is -3.52. The molecule has 3 aromatic rings. The van der Waals surface area contributed by atoms with Crippen LogP contribution in [0, 0.1) is 5.82 Å². The Balaban J connectivity index is 1.44. The normalized spacial score (nSPS) is 20.2. The van der Waals surface area contributed by atoms with E-state index in [1.165, 1.54) is 24.3 Å². The first-order valence-corrected chi connectivity index (χ1v) is 10.3. The van der Waals surface area contributed by atoms with Crippen molar-refractivity contribution in [3.63, 3.8) is 0 Å². The first-order valence-electron chi connectivity index (χ1n) is 10.3. The number of hydrogen-bond acceptors (Lipinski definition) is 4. The molecule has 1 fully saturated rings. The highest BCUT2D eigenvalue weighted by Crippen LogP contribution is 2.37. The van der Waals surface area contributed by atoms with Crippen LogP contribution in [0.2, 0.25) is 0 Å². The third-order valence-corrected chi connectivity index (χ3v) is 6.07. The number of benzene rings is 1. The van der Waals surface area contributed by atoms with Gasteiger partial charge in [-0.1, -0.05) is 0 Å². The number of anilines is 1. The predicted octanol–water partition coefficient (Wildman–Crippen LogP) is 2.83. The van der Waals surface area contributed by atoms with E-state index in [0.29, 0.717) is 23.5 Å². The molecule has 4 heterocycles. The van der Waals surface area contributed by atoms with Crippen LogP contribution < -0.4 is 16.0 Å². The van der Waals surface area contributed by atoms with Crippen molar-refractivity contribution in [2.45, 2.75) is 18.3 Å². The van der Waals surface area contributed by atoms with Gasteiger partial charge in [-0.2, -0.15) is 0 Å². The van der Waals surface area contributed by atoms with E-state index >= 15 is 0 Å². The van der Waals surface area contributed by atoms with Gasteiger partial charge in [-0.3, -0.25) is 9.59 Å². The molecule has 1 aromatic carbocycles. The van der Waals surface area contributed by atoms with Crippen LogP contribution in [0.25, 0.3) is 11.3 Å². The summed E-state index contributed by atoms with van der Waals surface area (Å²) in [5, 5.41) is 9.22. The van der Waals surface area contributed by atoms with Crippen molar-refractivity contribution < 1.29 is 14.0 Å². The zero-order valence-electron chi connectivity index (χ0n) is 16.8. The maximum Gasteiger partial charge on any atom is 0.256 e. The minimum absolute atomic E-state index is 0.0763. The van der Waals surface area contributed by atoms with Gasteiger partial charge in [0.15, 0.2) is 0 Å². The number of nitrogens with zero attached hydrogens (tertiary/aromatic N) is 1. The predicted molar refractivity (Wildman–Crippen MR) is 114 cm³/mol. The number of carbonyl (C=O) groups excluding carboxylic acids is 2. The van der Waals surface area contributed by atoms with Gasteiger partial charge in [0.25, 0.3) is 11.8 Å². The average molecular weight is 419 g/mol. The zero-order valence-corrected chi connectivity index (χ0v) is 16.8. The van der Waals surface area contributed by atoms with Crippen molar-refractivity contribution in [3.05, 3.63) is 71.3 Å². The molecule has 0 unspecified atom stereocenters. The summed E-state index contributed by atoms with van der Waals surface area (Å²) in [5.41, 5.74) is 3.45. The van der Waals surface area contributed by atoms with E-state index in [4.69, 9.17) is 0 Å². The van der Waals surface area contributed by atoms with E-state index in [2.05, 4.69) is 25.9 Å². The van der Waals surface area contributed by atoms with Crippen LogP contribution in [0.3, 0.4) is 0 Å². The molecule has 0 aliphatic carbocycles. The second-order valence-corrected chi connectivity index (χ2v) is 8.11. The van der Waals surface area contributed by atoms with Crippen molar-refractivity contribution in [3.8, 4) is 11.3 Å². The molecule has 2 aromatic heterocycles. The van der Waals surface area contributed by atoms with Gasteiger partial charge in [0.05, 0.1) is 5.56 Å². The summed E-state index contributed by atoms with van der Waals surface area (Å²) in [6, 6.07) is 10.8. The lowest BCUT2D eigenvalue weighted by molar-refractivity contribution is 0.0915. The number of aromatic amines is 1. The number of fused-ring (bicyclic) bond motifs is 2. The third kappa shape index (κ3) is 3.59. The van der Waals surface area contributed by atoms with Crippen LogP contribution in [-0.4, -0.2) is 41.4 Å². The monoisotopic (exact) mass is 419 g/mol. The number of pyridine rings is 1. The van der Waals surface area contributed by atoms with Crippen LogP contribution in [0.1, 0.15) is 39.3 Å². The molecular formula is C23H22FN5O2. The van der Waals surface area contributed by atoms with Crippen molar-refractivity contribution in [1.82, 2.24) is 20.6 Å². The first kappa shape index (κ1) is 19.4. The summed E-state index contributed by atoms with van der Waals surface area (Å²) in [7, 11) is 0. The van der Waals surface area contributed by atoms with Gasteiger partial charge in [0.1, 0.15) is 11.6 Å². The lowest BCUT2D eigenvalue weighted by Crippen LogP contribution is -2.54. The molecule has 31 heavy (non-hydrogen) atoms. The lowest BCUT2D eigenvalue weighted by atomic mass is 9.74. The van der Waals surface area contributed by atoms with Crippen molar-refractivity contribution >= 4 is 17.6 Å². The molecule has 1 saturated heterocycles. The highest BCUT2D eigenvalue weighted by molar-refractivity contribution is 6.04. The first-order chi connectivity index (χ1) is 15.0. The van der Waals surface area contributed by atoms with Gasteiger partial charge < -0.3 is 20.9 Å². The van der Waals surface area contributed by atoms with Gasteiger partial charge in [0.2, 0.25) is 0 Å². The smallest absolute Gasteiger partial charge is 0.256 e. The maximum atomic E-state index is 13.1. The lowest BCUT2D eigenvalue weighted by Gasteiger charge is -2.40. The van der Waals surface area contributed by atoms with Gasteiger partial charge in [-0.15, -0.1) is 0 Å². The molecule has 2 aliphatic rings. The third-order valence-electron chi connectivity index (χ3n) is 6.07. The molecule has 7 nitrogen and oxygen atoms in total. The molecule has 158 valence electrons. The summed E-state index contributed by atoms with van der Waals surface area (Å²) in [6.45, 7) is 2.41. The zero-order chi connectivity index (χ0) is 21.4. The Morgan fingerprint density at radius 2 is 1.97 bits per heavy atom. The Labute approximate surface area is 178 Å². The van der Waals surface area contributed by atoms with Crippen LogP contribution >= 0.6 is 0 Å². The molecule has 2 amide bonds. The van der Waals surface area contributed by atoms with Crippen LogP contribution in [0.4, 0.5) is 10.2 Å². The fourth-order valence-electron chi connectivity index (χ4n) is 4.43. The molecule has 8 heteroatoms. The van der Waals surface area contributed by atoms with Crippen LogP contribution in [0.5, 0.6) is 0 Å². The van der Waals surface area contributed by atoms with E-state index in [1.54, 1.807) is 12.3 Å². The number of H-pyrrole nitrogens is 1. The van der Waals surface area contributed by atoms with Gasteiger partial charge in [-0.05, 0) is 61.9 Å². The number of hydrogen-bond donors (Lipinski definition) is 4. The number of amides is 2. The summed E-state index contributed by atoms with van der Waals surface area (Å²) < 4.78 is 13.1. The second-order valence-electron chi connectivity index (χ2n) is 8.11. The average Bonchev–Trinajstić information content (AvgIpc) is 3.25. The summed E-state index contributed by atoms with van der Waals surface area (Å²) >= 11 is 0. The topological polar surface area (TPSA) is 98.9 Å². The van der Waals surface area contributed by atoms with Crippen molar-refractivity contribution in [1.29, 1.82) is 0 Å². The van der Waals surface area contributed by atoms with Gasteiger partial charge >= 0.3 is 0 Å². The maximum absolute atomic E-state index is 13.1. The number of piperidine rings is 1. The van der Waals surface area contributed by atoms with Crippen molar-refractivity contribution in [2.24, 2.45) is 0 Å². The van der Waals surface area contributed by atoms with E-state index in [1.807, 2.05) is 12.1 Å². The minimum atomic E-state index is -0.401. The number of rotatable bonds is 3. The van der Waals surface area contributed by atoms with E-state index in [0.717, 1.165) is 42.9 Å². The Morgan fingerprint density at radius 3 is 2.74 bits per heavy atom. The number of nitrogens with one attached hydrogen (secondary N) is 4. The largest absolute Gasteiger partial charge is 0.357 e.